The van der Waals surface area contributed by atoms with Gasteiger partial charge in [0.2, 0.25) is 5.95 Å². The fourth-order valence-electron chi connectivity index (χ4n) is 4.36. The topological polar surface area (TPSA) is 84.8 Å². The van der Waals surface area contributed by atoms with Crippen LogP contribution in [-0.4, -0.2) is 67.0 Å². The van der Waals surface area contributed by atoms with Crippen LogP contribution >= 0.6 is 11.6 Å². The van der Waals surface area contributed by atoms with Gasteiger partial charge in [0, 0.05) is 54.7 Å². The van der Waals surface area contributed by atoms with Crippen molar-refractivity contribution in [3.63, 3.8) is 0 Å². The van der Waals surface area contributed by atoms with Gasteiger partial charge in [-0.15, -0.1) is 4.73 Å². The molecule has 1 aliphatic rings. The summed E-state index contributed by atoms with van der Waals surface area (Å²) in [4.78, 5) is 32.5. The number of rotatable bonds is 6. The van der Waals surface area contributed by atoms with Gasteiger partial charge in [0.05, 0.1) is 17.7 Å². The number of hydrogen-bond acceptors (Lipinski definition) is 8. The third-order valence-electron chi connectivity index (χ3n) is 6.34. The second-order valence-electron chi connectivity index (χ2n) is 8.59. The molecule has 36 heavy (non-hydrogen) atoms. The number of anilines is 3. The molecule has 0 spiro atoms. The molecule has 10 heteroatoms. The minimum Gasteiger partial charge on any atom is -0.496 e. The lowest BCUT2D eigenvalue weighted by atomic mass is 10.1. The predicted molar refractivity (Wildman–Crippen MR) is 143 cm³/mol. The summed E-state index contributed by atoms with van der Waals surface area (Å²) in [5.41, 5.74) is 2.78. The van der Waals surface area contributed by atoms with Crippen LogP contribution in [0.1, 0.15) is 0 Å². The van der Waals surface area contributed by atoms with Crippen LogP contribution in [0.15, 0.2) is 59.5 Å². The van der Waals surface area contributed by atoms with Gasteiger partial charge in [0.15, 0.2) is 5.65 Å². The van der Waals surface area contributed by atoms with Crippen molar-refractivity contribution in [2.75, 3.05) is 57.7 Å². The summed E-state index contributed by atoms with van der Waals surface area (Å²) in [5, 5.41) is 4.23. The first-order valence-electron chi connectivity index (χ1n) is 11.6. The van der Waals surface area contributed by atoms with E-state index in [0.717, 1.165) is 36.6 Å². The molecule has 1 aliphatic heterocycles. The summed E-state index contributed by atoms with van der Waals surface area (Å²) in [6, 6.07) is 15.1. The van der Waals surface area contributed by atoms with Crippen LogP contribution < -0.4 is 25.4 Å². The van der Waals surface area contributed by atoms with Gasteiger partial charge in [0.25, 0.3) is 5.56 Å². The van der Waals surface area contributed by atoms with Crippen molar-refractivity contribution in [1.82, 2.24) is 19.6 Å². The molecule has 2 aromatic heterocycles. The van der Waals surface area contributed by atoms with Gasteiger partial charge in [-0.05, 0) is 49.5 Å². The summed E-state index contributed by atoms with van der Waals surface area (Å²) in [5.74, 6) is 0.837. The standard InChI is InChI=1S/C26H27ClN6O3/c1-31-11-13-32(14-12-31)19-9-7-18(8-10-19)29-26-28-16-17-15-20(25(34)33(36-3)24(17)30-26)23-21(27)5-4-6-22(23)35-2/h4-10,15-16H,11-14H2,1-3H3,(H,28,29,30). The number of ether oxygens (including phenoxy) is 1. The maximum absolute atomic E-state index is 13.3. The molecule has 1 N–H and O–H groups in total. The van der Waals surface area contributed by atoms with Crippen molar-refractivity contribution in [2.45, 2.75) is 0 Å². The highest BCUT2D eigenvalue weighted by atomic mass is 35.5. The number of likely N-dealkylation sites (N-methyl/N-ethyl adjacent to an activating group) is 1. The maximum atomic E-state index is 13.3. The van der Waals surface area contributed by atoms with Crippen molar-refractivity contribution in [3.8, 4) is 16.9 Å². The summed E-state index contributed by atoms with van der Waals surface area (Å²) in [6.07, 6.45) is 1.64. The fourth-order valence-corrected chi connectivity index (χ4v) is 4.63. The van der Waals surface area contributed by atoms with Crippen molar-refractivity contribution in [2.24, 2.45) is 0 Å². The van der Waals surface area contributed by atoms with Crippen LogP contribution in [0.5, 0.6) is 5.75 Å². The second-order valence-corrected chi connectivity index (χ2v) is 9.00. The van der Waals surface area contributed by atoms with Gasteiger partial charge >= 0.3 is 0 Å². The first-order valence-corrected chi connectivity index (χ1v) is 12.0. The second kappa shape index (κ2) is 10.0. The predicted octanol–water partition coefficient (Wildman–Crippen LogP) is 3.67. The molecule has 1 saturated heterocycles. The monoisotopic (exact) mass is 506 g/mol. The van der Waals surface area contributed by atoms with Crippen LogP contribution in [0.25, 0.3) is 22.2 Å². The van der Waals surface area contributed by atoms with E-state index in [4.69, 9.17) is 21.2 Å². The van der Waals surface area contributed by atoms with E-state index >= 15 is 0 Å². The van der Waals surface area contributed by atoms with Crippen molar-refractivity contribution in [1.29, 1.82) is 0 Å². The summed E-state index contributed by atoms with van der Waals surface area (Å²) in [6.45, 7) is 4.12. The van der Waals surface area contributed by atoms with Crippen LogP contribution in [0.2, 0.25) is 5.02 Å². The largest absolute Gasteiger partial charge is 0.496 e. The number of aromatic nitrogens is 3. The Morgan fingerprint density at radius 1 is 1.03 bits per heavy atom. The first kappa shape index (κ1) is 23.9. The molecule has 0 unspecified atom stereocenters. The van der Waals surface area contributed by atoms with E-state index < -0.39 is 5.56 Å². The number of hydrogen-bond donors (Lipinski definition) is 1. The number of fused-ring (bicyclic) bond motifs is 1. The molecule has 0 bridgehead atoms. The molecule has 186 valence electrons. The highest BCUT2D eigenvalue weighted by Gasteiger charge is 2.19. The number of benzene rings is 2. The van der Waals surface area contributed by atoms with Crippen molar-refractivity contribution >= 4 is 40.0 Å². The maximum Gasteiger partial charge on any atom is 0.293 e. The van der Waals surface area contributed by atoms with Gasteiger partial charge in [-0.1, -0.05) is 17.7 Å². The number of halogens is 1. The third kappa shape index (κ3) is 4.55. The van der Waals surface area contributed by atoms with E-state index in [1.807, 2.05) is 12.1 Å². The van der Waals surface area contributed by atoms with Gasteiger partial charge < -0.3 is 24.7 Å². The minimum atomic E-state index is -0.405. The normalized spacial score (nSPS) is 14.2. The van der Waals surface area contributed by atoms with E-state index in [1.165, 1.54) is 19.9 Å². The molecule has 0 atom stereocenters. The van der Waals surface area contributed by atoms with Crippen molar-refractivity contribution in [3.05, 3.63) is 70.1 Å². The van der Waals surface area contributed by atoms with Gasteiger partial charge in [-0.25, -0.2) is 4.98 Å². The molecule has 5 rings (SSSR count). The molecule has 0 aliphatic carbocycles. The summed E-state index contributed by atoms with van der Waals surface area (Å²) >= 11 is 6.43. The Hall–Kier alpha value is -3.82. The molecule has 0 radical (unpaired) electrons. The highest BCUT2D eigenvalue weighted by Crippen LogP contribution is 2.35. The SMILES string of the molecule is COc1cccc(Cl)c1-c1cc2cnc(Nc3ccc(N4CCN(C)CC4)cc3)nc2n(OC)c1=O. The van der Waals surface area contributed by atoms with E-state index in [0.29, 0.717) is 38.9 Å². The average Bonchev–Trinajstić information content (AvgIpc) is 2.89. The van der Waals surface area contributed by atoms with E-state index in [-0.39, 0.29) is 0 Å². The van der Waals surface area contributed by atoms with Crippen molar-refractivity contribution < 1.29 is 9.57 Å². The lowest BCUT2D eigenvalue weighted by Crippen LogP contribution is -2.44. The van der Waals surface area contributed by atoms with Crippen LogP contribution in [0.4, 0.5) is 17.3 Å². The molecule has 1 fully saturated rings. The Balaban J connectivity index is 1.46. The zero-order valence-electron chi connectivity index (χ0n) is 20.4. The first-order chi connectivity index (χ1) is 17.5. The van der Waals surface area contributed by atoms with E-state index in [2.05, 4.69) is 44.3 Å². The van der Waals surface area contributed by atoms with Crippen LogP contribution in [0, 0.1) is 0 Å². The minimum absolute atomic E-state index is 0.329. The van der Waals surface area contributed by atoms with Gasteiger partial charge in [-0.3, -0.25) is 4.79 Å². The summed E-state index contributed by atoms with van der Waals surface area (Å²) in [7, 11) is 5.09. The number of pyridine rings is 1. The molecule has 0 amide bonds. The smallest absolute Gasteiger partial charge is 0.293 e. The molecule has 0 saturated carbocycles. The summed E-state index contributed by atoms with van der Waals surface area (Å²) < 4.78 is 6.57. The Bertz CT molecular complexity index is 1450. The van der Waals surface area contributed by atoms with E-state index in [9.17, 15) is 4.79 Å². The Kier molecular flexibility index (Phi) is 6.67. The molecule has 2 aromatic carbocycles. The zero-order valence-corrected chi connectivity index (χ0v) is 21.1. The quantitative estimate of drug-likeness (QED) is 0.424. The number of nitrogens with zero attached hydrogens (tertiary/aromatic N) is 5. The molecule has 4 aromatic rings. The molecule has 3 heterocycles. The zero-order chi connectivity index (χ0) is 25.2. The number of piperazine rings is 1. The average molecular weight is 507 g/mol. The van der Waals surface area contributed by atoms with Gasteiger partial charge in [0.1, 0.15) is 12.9 Å². The molecular weight excluding hydrogens is 480 g/mol. The number of nitrogens with one attached hydrogen (secondary N) is 1. The lowest BCUT2D eigenvalue weighted by Gasteiger charge is -2.34. The Morgan fingerprint density at radius 3 is 2.47 bits per heavy atom. The van der Waals surface area contributed by atoms with E-state index in [1.54, 1.807) is 30.5 Å². The number of methoxy groups -OCH3 is 1. The highest BCUT2D eigenvalue weighted by molar-refractivity contribution is 6.33. The Morgan fingerprint density at radius 2 is 1.78 bits per heavy atom. The molecular formula is C26H27ClN6O3. The lowest BCUT2D eigenvalue weighted by molar-refractivity contribution is 0.168. The molecule has 9 nitrogen and oxygen atoms in total. The van der Waals surface area contributed by atoms with Crippen LogP contribution in [0.3, 0.4) is 0 Å². The Labute approximate surface area is 213 Å². The van der Waals surface area contributed by atoms with Gasteiger partial charge in [-0.2, -0.15) is 4.98 Å². The van der Waals surface area contributed by atoms with Crippen LogP contribution in [-0.2, 0) is 0 Å². The fraction of sp³-hybridized carbons (Fsp3) is 0.269. The third-order valence-corrected chi connectivity index (χ3v) is 6.66.